The predicted molar refractivity (Wildman–Crippen MR) is 186 cm³/mol. The van der Waals surface area contributed by atoms with Crippen LogP contribution in [0.4, 0.5) is 0 Å². The molecule has 0 amide bonds. The molecule has 1 aliphatic rings. The van der Waals surface area contributed by atoms with E-state index < -0.39 is 0 Å². The molecule has 1 heterocycles. The van der Waals surface area contributed by atoms with Crippen molar-refractivity contribution < 1.29 is 0 Å². The first-order chi connectivity index (χ1) is 20.2. The molecule has 0 aliphatic carbocycles. The summed E-state index contributed by atoms with van der Waals surface area (Å²) >= 11 is 0. The second kappa shape index (κ2) is 29.4. The maximum absolute atomic E-state index is 2.65. The lowest BCUT2D eigenvalue weighted by molar-refractivity contribution is 0.104. The summed E-state index contributed by atoms with van der Waals surface area (Å²) in [5.41, 5.74) is 0. The first-order valence-electron chi connectivity index (χ1n) is 19.4. The van der Waals surface area contributed by atoms with Gasteiger partial charge in [0.1, 0.15) is 6.17 Å². The number of hydrogen-bond acceptors (Lipinski definition) is 2. The lowest BCUT2D eigenvalue weighted by Gasteiger charge is -2.36. The SMILES string of the molecule is CCCCCCCCCCCCCCCCCCCN1C=CN(CCCCCCCCCCCCCC)C1C(C)C. The maximum Gasteiger partial charge on any atom is 0.103 e. The van der Waals surface area contributed by atoms with E-state index in [1.165, 1.54) is 199 Å². The Morgan fingerprint density at radius 2 is 0.585 bits per heavy atom. The topological polar surface area (TPSA) is 6.48 Å². The zero-order valence-electron chi connectivity index (χ0n) is 29.1. The van der Waals surface area contributed by atoms with E-state index in [0.717, 1.165) is 0 Å². The summed E-state index contributed by atoms with van der Waals surface area (Å²) in [6.07, 6.45) is 47.3. The Bertz CT molecular complexity index is 542. The molecule has 0 spiro atoms. The molecule has 41 heavy (non-hydrogen) atoms. The van der Waals surface area contributed by atoms with E-state index in [4.69, 9.17) is 0 Å². The Balaban J connectivity index is 1.93. The molecule has 0 radical (unpaired) electrons. The third kappa shape index (κ3) is 22.5. The van der Waals surface area contributed by atoms with Crippen LogP contribution in [0.15, 0.2) is 12.4 Å². The van der Waals surface area contributed by atoms with Crippen molar-refractivity contribution in [1.82, 2.24) is 9.80 Å². The van der Waals surface area contributed by atoms with Crippen LogP contribution in [0.3, 0.4) is 0 Å². The van der Waals surface area contributed by atoms with Crippen LogP contribution < -0.4 is 0 Å². The third-order valence-corrected chi connectivity index (χ3v) is 9.52. The van der Waals surface area contributed by atoms with E-state index in [2.05, 4.69) is 49.9 Å². The van der Waals surface area contributed by atoms with Gasteiger partial charge in [-0.15, -0.1) is 0 Å². The predicted octanol–water partition coefficient (Wildman–Crippen LogP) is 13.4. The summed E-state index contributed by atoms with van der Waals surface area (Å²) in [6.45, 7) is 11.9. The van der Waals surface area contributed by atoms with Crippen LogP contribution in [-0.2, 0) is 0 Å². The van der Waals surface area contributed by atoms with E-state index in [0.29, 0.717) is 12.1 Å². The van der Waals surface area contributed by atoms with Crippen LogP contribution in [0.1, 0.15) is 214 Å². The van der Waals surface area contributed by atoms with Gasteiger partial charge < -0.3 is 9.80 Å². The quantitative estimate of drug-likeness (QED) is 0.0737. The van der Waals surface area contributed by atoms with Crippen molar-refractivity contribution in [3.05, 3.63) is 12.4 Å². The van der Waals surface area contributed by atoms with Crippen molar-refractivity contribution in [2.45, 2.75) is 220 Å². The van der Waals surface area contributed by atoms with Gasteiger partial charge in [0.15, 0.2) is 0 Å². The van der Waals surface area contributed by atoms with E-state index in [-0.39, 0.29) is 0 Å². The summed E-state index contributed by atoms with van der Waals surface area (Å²) in [4.78, 5) is 5.30. The lowest BCUT2D eigenvalue weighted by Crippen LogP contribution is -2.43. The van der Waals surface area contributed by atoms with Crippen molar-refractivity contribution in [2.24, 2.45) is 5.92 Å². The summed E-state index contributed by atoms with van der Waals surface area (Å²) in [5.74, 6) is 0.688. The molecule has 1 atom stereocenters. The van der Waals surface area contributed by atoms with E-state index in [1.54, 1.807) is 0 Å². The van der Waals surface area contributed by atoms with Crippen molar-refractivity contribution in [3.63, 3.8) is 0 Å². The second-order valence-corrected chi connectivity index (χ2v) is 14.0. The highest BCUT2D eigenvalue weighted by Gasteiger charge is 2.28. The van der Waals surface area contributed by atoms with Crippen LogP contribution in [0, 0.1) is 5.92 Å². The van der Waals surface area contributed by atoms with Crippen molar-refractivity contribution in [3.8, 4) is 0 Å². The number of rotatable bonds is 32. The van der Waals surface area contributed by atoms with Gasteiger partial charge in [-0.25, -0.2) is 0 Å². The Kier molecular flexibility index (Phi) is 27.5. The Labute approximate surface area is 260 Å². The molecule has 0 fully saturated rings. The van der Waals surface area contributed by atoms with Crippen LogP contribution in [0.2, 0.25) is 0 Å². The molecule has 0 saturated carbocycles. The van der Waals surface area contributed by atoms with Crippen LogP contribution >= 0.6 is 0 Å². The summed E-state index contributed by atoms with van der Waals surface area (Å²) < 4.78 is 0. The average molecular weight is 575 g/mol. The highest BCUT2D eigenvalue weighted by atomic mass is 15.4. The first-order valence-corrected chi connectivity index (χ1v) is 19.4. The molecular formula is C39H78N2. The second-order valence-electron chi connectivity index (χ2n) is 14.0. The van der Waals surface area contributed by atoms with Gasteiger partial charge >= 0.3 is 0 Å². The minimum absolute atomic E-state index is 0.587. The monoisotopic (exact) mass is 575 g/mol. The van der Waals surface area contributed by atoms with Crippen LogP contribution in [0.5, 0.6) is 0 Å². The van der Waals surface area contributed by atoms with Gasteiger partial charge in [0, 0.05) is 25.5 Å². The third-order valence-electron chi connectivity index (χ3n) is 9.52. The minimum atomic E-state index is 0.587. The number of unbranched alkanes of at least 4 members (excludes halogenated alkanes) is 27. The normalized spacial score (nSPS) is 15.2. The van der Waals surface area contributed by atoms with Crippen molar-refractivity contribution in [1.29, 1.82) is 0 Å². The molecule has 1 rings (SSSR count). The van der Waals surface area contributed by atoms with E-state index in [1.807, 2.05) is 0 Å². The Morgan fingerprint density at radius 3 is 0.805 bits per heavy atom. The molecule has 2 nitrogen and oxygen atoms in total. The molecule has 0 aromatic rings. The molecular weight excluding hydrogens is 496 g/mol. The largest absolute Gasteiger partial charge is 0.356 e. The van der Waals surface area contributed by atoms with Gasteiger partial charge in [-0.2, -0.15) is 0 Å². The minimum Gasteiger partial charge on any atom is -0.356 e. The highest BCUT2D eigenvalue weighted by Crippen LogP contribution is 2.24. The average Bonchev–Trinajstić information content (AvgIpc) is 3.38. The van der Waals surface area contributed by atoms with Gasteiger partial charge in [-0.05, 0) is 18.8 Å². The fraction of sp³-hybridized carbons (Fsp3) is 0.949. The molecule has 0 aromatic heterocycles. The number of nitrogens with zero attached hydrogens (tertiary/aromatic N) is 2. The molecule has 1 aliphatic heterocycles. The molecule has 1 unspecified atom stereocenters. The van der Waals surface area contributed by atoms with E-state index in [9.17, 15) is 0 Å². The molecule has 0 aromatic carbocycles. The fourth-order valence-corrected chi connectivity index (χ4v) is 6.87. The summed E-state index contributed by atoms with van der Waals surface area (Å²) in [6, 6.07) is 0. The molecule has 0 bridgehead atoms. The lowest BCUT2D eigenvalue weighted by atomic mass is 10.0. The maximum atomic E-state index is 2.65. The molecule has 244 valence electrons. The fourth-order valence-electron chi connectivity index (χ4n) is 6.87. The van der Waals surface area contributed by atoms with Gasteiger partial charge in [-0.3, -0.25) is 0 Å². The summed E-state index contributed by atoms with van der Waals surface area (Å²) in [7, 11) is 0. The van der Waals surface area contributed by atoms with E-state index >= 15 is 0 Å². The van der Waals surface area contributed by atoms with Gasteiger partial charge in [0.05, 0.1) is 0 Å². The van der Waals surface area contributed by atoms with Crippen molar-refractivity contribution in [2.75, 3.05) is 13.1 Å². The Hall–Kier alpha value is -0.660. The highest BCUT2D eigenvalue weighted by molar-refractivity contribution is 4.98. The van der Waals surface area contributed by atoms with Crippen molar-refractivity contribution >= 4 is 0 Å². The van der Waals surface area contributed by atoms with Gasteiger partial charge in [-0.1, -0.05) is 201 Å². The smallest absolute Gasteiger partial charge is 0.103 e. The van der Waals surface area contributed by atoms with Gasteiger partial charge in [0.2, 0.25) is 0 Å². The first kappa shape index (κ1) is 38.4. The van der Waals surface area contributed by atoms with Crippen LogP contribution in [0.25, 0.3) is 0 Å². The standard InChI is InChI=1S/C39H78N2/c1-5-7-9-11-13-15-17-19-20-21-22-23-25-27-29-31-33-35-41-37-36-40(39(41)38(3)4)34-32-30-28-26-24-18-16-14-12-10-8-6-2/h36-39H,5-35H2,1-4H3. The molecule has 2 heteroatoms. The summed E-state index contributed by atoms with van der Waals surface area (Å²) in [5, 5.41) is 0. The molecule has 0 N–H and O–H groups in total. The zero-order valence-corrected chi connectivity index (χ0v) is 29.1. The Morgan fingerprint density at radius 1 is 0.366 bits per heavy atom. The zero-order chi connectivity index (χ0) is 29.6. The van der Waals surface area contributed by atoms with Crippen LogP contribution in [-0.4, -0.2) is 29.1 Å². The molecule has 0 saturated heterocycles. The number of hydrogen-bond donors (Lipinski definition) is 0. The van der Waals surface area contributed by atoms with Gasteiger partial charge in [0.25, 0.3) is 0 Å².